The molecule has 6 nitrogen and oxygen atoms in total. The predicted molar refractivity (Wildman–Crippen MR) is 90.9 cm³/mol. The molecule has 0 bridgehead atoms. The van der Waals surface area contributed by atoms with Crippen molar-refractivity contribution in [1.82, 2.24) is 19.4 Å². The minimum atomic E-state index is 0.0788. The van der Waals surface area contributed by atoms with E-state index in [0.717, 1.165) is 27.7 Å². The van der Waals surface area contributed by atoms with Crippen molar-refractivity contribution in [2.75, 3.05) is 24.3 Å². The first-order valence-electron chi connectivity index (χ1n) is 7.17. The molecule has 0 radical (unpaired) electrons. The summed E-state index contributed by atoms with van der Waals surface area (Å²) >= 11 is 1.64. The summed E-state index contributed by atoms with van der Waals surface area (Å²) in [4.78, 5) is 16.7. The van der Waals surface area contributed by atoms with Crippen LogP contribution in [0.15, 0.2) is 17.8 Å². The van der Waals surface area contributed by atoms with Gasteiger partial charge in [-0.25, -0.2) is 9.97 Å². The van der Waals surface area contributed by atoms with Gasteiger partial charge in [-0.05, 0) is 20.8 Å². The molecule has 0 spiro atoms. The molecule has 1 atom stereocenters. The Balaban J connectivity index is 1.89. The fraction of sp³-hybridized carbons (Fsp3) is 0.400. The first kappa shape index (κ1) is 14.8. The number of aromatic nitrogens is 4. The number of fused-ring (bicyclic) bond motifs is 1. The van der Waals surface area contributed by atoms with Crippen LogP contribution < -0.4 is 10.2 Å². The van der Waals surface area contributed by atoms with E-state index in [2.05, 4.69) is 33.4 Å². The SMILES string of the molecule is Cc1nc(N(C)C)nc(N[C@@H](C)c2cn3ccsc3n2)c1C. The van der Waals surface area contributed by atoms with Gasteiger partial charge in [-0.3, -0.25) is 4.40 Å². The summed E-state index contributed by atoms with van der Waals surface area (Å²) in [6, 6.07) is 0.0788. The van der Waals surface area contributed by atoms with Gasteiger partial charge >= 0.3 is 0 Å². The van der Waals surface area contributed by atoms with Crippen molar-refractivity contribution in [1.29, 1.82) is 0 Å². The Hall–Kier alpha value is -2.15. The lowest BCUT2D eigenvalue weighted by Crippen LogP contribution is -2.17. The summed E-state index contributed by atoms with van der Waals surface area (Å²) in [6.07, 6.45) is 4.08. The highest BCUT2D eigenvalue weighted by Crippen LogP contribution is 2.24. The third-order valence-corrected chi connectivity index (χ3v) is 4.46. The number of hydrogen-bond donors (Lipinski definition) is 1. The van der Waals surface area contributed by atoms with Crippen molar-refractivity contribution < 1.29 is 0 Å². The van der Waals surface area contributed by atoms with E-state index in [1.54, 1.807) is 11.3 Å². The van der Waals surface area contributed by atoms with Crippen molar-refractivity contribution >= 4 is 28.1 Å². The molecule has 0 saturated carbocycles. The molecule has 0 aliphatic carbocycles. The van der Waals surface area contributed by atoms with E-state index in [9.17, 15) is 0 Å². The molecule has 1 N–H and O–H groups in total. The molecule has 0 amide bonds. The molecule has 0 unspecified atom stereocenters. The largest absolute Gasteiger partial charge is 0.362 e. The van der Waals surface area contributed by atoms with Gasteiger partial charge in [0.1, 0.15) is 5.82 Å². The number of rotatable bonds is 4. The second kappa shape index (κ2) is 5.57. The Morgan fingerprint density at radius 3 is 2.68 bits per heavy atom. The Kier molecular flexibility index (Phi) is 3.74. The van der Waals surface area contributed by atoms with E-state index in [-0.39, 0.29) is 6.04 Å². The molecule has 7 heteroatoms. The highest BCUT2D eigenvalue weighted by atomic mass is 32.1. The van der Waals surface area contributed by atoms with Crippen LogP contribution in [0.2, 0.25) is 0 Å². The van der Waals surface area contributed by atoms with Gasteiger partial charge in [-0.2, -0.15) is 4.98 Å². The van der Waals surface area contributed by atoms with E-state index in [1.807, 2.05) is 48.8 Å². The molecular formula is C15H20N6S. The Labute approximate surface area is 133 Å². The number of thiazole rings is 1. The quantitative estimate of drug-likeness (QED) is 0.802. The standard InChI is InChI=1S/C15H20N6S/c1-9-10(2)17-14(20(4)5)19-13(9)16-11(3)12-8-21-6-7-22-15(21)18-12/h6-8,11H,1-5H3,(H,16,17,19)/t11-/m0/s1. The normalized spacial score (nSPS) is 12.6. The van der Waals surface area contributed by atoms with Crippen molar-refractivity contribution in [3.05, 3.63) is 34.7 Å². The Morgan fingerprint density at radius 1 is 1.23 bits per heavy atom. The van der Waals surface area contributed by atoms with Gasteiger partial charge < -0.3 is 10.2 Å². The second-order valence-corrected chi connectivity index (χ2v) is 6.47. The lowest BCUT2D eigenvalue weighted by molar-refractivity contribution is 0.833. The molecule has 22 heavy (non-hydrogen) atoms. The molecule has 0 fully saturated rings. The minimum Gasteiger partial charge on any atom is -0.362 e. The average Bonchev–Trinajstić information content (AvgIpc) is 3.04. The van der Waals surface area contributed by atoms with Crippen LogP contribution in [0.25, 0.3) is 4.96 Å². The van der Waals surface area contributed by atoms with Crippen molar-refractivity contribution in [2.24, 2.45) is 0 Å². The van der Waals surface area contributed by atoms with Crippen LogP contribution in [-0.2, 0) is 0 Å². The summed E-state index contributed by atoms with van der Waals surface area (Å²) in [5.74, 6) is 1.57. The molecule has 0 aliphatic heterocycles. The van der Waals surface area contributed by atoms with Gasteiger partial charge in [-0.1, -0.05) is 0 Å². The Bertz CT molecular complexity index is 775. The monoisotopic (exact) mass is 316 g/mol. The van der Waals surface area contributed by atoms with Gasteiger partial charge in [0.2, 0.25) is 5.95 Å². The van der Waals surface area contributed by atoms with E-state index >= 15 is 0 Å². The minimum absolute atomic E-state index is 0.0788. The number of aryl methyl sites for hydroxylation is 1. The smallest absolute Gasteiger partial charge is 0.227 e. The maximum atomic E-state index is 4.64. The predicted octanol–water partition coefficient (Wildman–Crippen LogP) is 3.04. The summed E-state index contributed by atoms with van der Waals surface area (Å²) in [5, 5.41) is 5.50. The van der Waals surface area contributed by atoms with Crippen molar-refractivity contribution in [3.8, 4) is 0 Å². The fourth-order valence-electron chi connectivity index (χ4n) is 2.19. The molecule has 3 heterocycles. The van der Waals surface area contributed by atoms with Crippen LogP contribution >= 0.6 is 11.3 Å². The van der Waals surface area contributed by atoms with Crippen LogP contribution in [-0.4, -0.2) is 33.4 Å². The molecule has 3 aromatic rings. The van der Waals surface area contributed by atoms with Crippen molar-refractivity contribution in [3.63, 3.8) is 0 Å². The van der Waals surface area contributed by atoms with E-state index in [4.69, 9.17) is 0 Å². The van der Waals surface area contributed by atoms with Crippen LogP contribution in [0.5, 0.6) is 0 Å². The van der Waals surface area contributed by atoms with Crippen LogP contribution in [0.3, 0.4) is 0 Å². The van der Waals surface area contributed by atoms with Gasteiger partial charge in [0.05, 0.1) is 11.7 Å². The lowest BCUT2D eigenvalue weighted by Gasteiger charge is -2.18. The van der Waals surface area contributed by atoms with Gasteiger partial charge in [0, 0.05) is 43.1 Å². The summed E-state index contributed by atoms with van der Waals surface area (Å²) in [7, 11) is 3.89. The number of anilines is 2. The second-order valence-electron chi connectivity index (χ2n) is 5.60. The van der Waals surface area contributed by atoms with Gasteiger partial charge in [0.15, 0.2) is 4.96 Å². The zero-order chi connectivity index (χ0) is 15.9. The number of imidazole rings is 1. The molecule has 0 aliphatic rings. The van der Waals surface area contributed by atoms with Crippen LogP contribution in [0.1, 0.15) is 29.9 Å². The number of nitrogens with one attached hydrogen (secondary N) is 1. The first-order chi connectivity index (χ1) is 10.5. The maximum absolute atomic E-state index is 4.64. The van der Waals surface area contributed by atoms with Gasteiger partial charge in [0.25, 0.3) is 0 Å². The van der Waals surface area contributed by atoms with E-state index in [1.165, 1.54) is 0 Å². The summed E-state index contributed by atoms with van der Waals surface area (Å²) in [5.41, 5.74) is 3.06. The van der Waals surface area contributed by atoms with Crippen LogP contribution in [0, 0.1) is 13.8 Å². The van der Waals surface area contributed by atoms with Gasteiger partial charge in [-0.15, -0.1) is 11.3 Å². The maximum Gasteiger partial charge on any atom is 0.227 e. The van der Waals surface area contributed by atoms with E-state index < -0.39 is 0 Å². The highest BCUT2D eigenvalue weighted by Gasteiger charge is 2.15. The summed E-state index contributed by atoms with van der Waals surface area (Å²) in [6.45, 7) is 6.14. The van der Waals surface area contributed by atoms with Crippen molar-refractivity contribution in [2.45, 2.75) is 26.8 Å². The third kappa shape index (κ3) is 2.64. The fourth-order valence-corrected chi connectivity index (χ4v) is 2.89. The number of hydrogen-bond acceptors (Lipinski definition) is 6. The molecule has 3 rings (SSSR count). The van der Waals surface area contributed by atoms with E-state index in [0.29, 0.717) is 5.95 Å². The third-order valence-electron chi connectivity index (χ3n) is 3.69. The summed E-state index contributed by atoms with van der Waals surface area (Å²) < 4.78 is 2.04. The Morgan fingerprint density at radius 2 is 2.00 bits per heavy atom. The highest BCUT2D eigenvalue weighted by molar-refractivity contribution is 7.15. The molecule has 0 aromatic carbocycles. The molecule has 116 valence electrons. The lowest BCUT2D eigenvalue weighted by atomic mass is 10.2. The zero-order valence-electron chi connectivity index (χ0n) is 13.5. The molecule has 3 aromatic heterocycles. The van der Waals surface area contributed by atoms with Crippen LogP contribution in [0.4, 0.5) is 11.8 Å². The number of nitrogens with zero attached hydrogens (tertiary/aromatic N) is 5. The molecule has 0 saturated heterocycles. The topological polar surface area (TPSA) is 58.4 Å². The average molecular weight is 316 g/mol. The first-order valence-corrected chi connectivity index (χ1v) is 8.05. The molecular weight excluding hydrogens is 296 g/mol. The zero-order valence-corrected chi connectivity index (χ0v) is 14.3.